The van der Waals surface area contributed by atoms with Gasteiger partial charge in [0.25, 0.3) is 0 Å². The fraction of sp³-hybridized carbons (Fsp3) is 0.500. The lowest BCUT2D eigenvalue weighted by atomic mass is 9.83. The summed E-state index contributed by atoms with van der Waals surface area (Å²) in [6, 6.07) is 10.3. The summed E-state index contributed by atoms with van der Waals surface area (Å²) >= 11 is 0. The molecule has 1 saturated carbocycles. The molecule has 0 aromatic heterocycles. The Balaban J connectivity index is 2.21. The van der Waals surface area contributed by atoms with E-state index in [1.165, 1.54) is 25.5 Å². The SMILES string of the molecule is COC(=O)C(C)C(c1ccccc1)C1CC1. The van der Waals surface area contributed by atoms with E-state index in [9.17, 15) is 4.79 Å². The molecule has 0 N–H and O–H groups in total. The third-order valence-corrected chi connectivity index (χ3v) is 3.43. The van der Waals surface area contributed by atoms with E-state index < -0.39 is 0 Å². The van der Waals surface area contributed by atoms with Crippen molar-refractivity contribution in [1.29, 1.82) is 0 Å². The van der Waals surface area contributed by atoms with Crippen molar-refractivity contribution in [3.05, 3.63) is 35.9 Å². The van der Waals surface area contributed by atoms with Gasteiger partial charge in [-0.05, 0) is 30.2 Å². The molecule has 0 saturated heterocycles. The number of rotatable bonds is 4. The van der Waals surface area contributed by atoms with Gasteiger partial charge in [-0.1, -0.05) is 37.3 Å². The number of hydrogen-bond donors (Lipinski definition) is 0. The fourth-order valence-electron chi connectivity index (χ4n) is 2.43. The Kier molecular flexibility index (Phi) is 3.28. The lowest BCUT2D eigenvalue weighted by Gasteiger charge is -2.22. The first-order valence-electron chi connectivity index (χ1n) is 5.87. The van der Waals surface area contributed by atoms with Gasteiger partial charge in [-0.3, -0.25) is 4.79 Å². The molecule has 16 heavy (non-hydrogen) atoms. The van der Waals surface area contributed by atoms with Gasteiger partial charge >= 0.3 is 5.97 Å². The topological polar surface area (TPSA) is 26.3 Å². The number of carbonyl (C=O) groups is 1. The van der Waals surface area contributed by atoms with Crippen molar-refractivity contribution in [2.24, 2.45) is 11.8 Å². The van der Waals surface area contributed by atoms with E-state index in [1.54, 1.807) is 0 Å². The van der Waals surface area contributed by atoms with Crippen LogP contribution in [0.2, 0.25) is 0 Å². The summed E-state index contributed by atoms with van der Waals surface area (Å²) in [5.74, 6) is 0.853. The maximum atomic E-state index is 11.6. The summed E-state index contributed by atoms with van der Waals surface area (Å²) in [7, 11) is 1.47. The Morgan fingerprint density at radius 1 is 1.31 bits per heavy atom. The molecular weight excluding hydrogens is 200 g/mol. The van der Waals surface area contributed by atoms with Gasteiger partial charge in [-0.25, -0.2) is 0 Å². The second-order valence-corrected chi connectivity index (χ2v) is 4.59. The van der Waals surface area contributed by atoms with Gasteiger partial charge in [0.1, 0.15) is 0 Å². The zero-order valence-corrected chi connectivity index (χ0v) is 9.85. The Hall–Kier alpha value is -1.31. The van der Waals surface area contributed by atoms with Crippen molar-refractivity contribution in [2.45, 2.75) is 25.7 Å². The minimum atomic E-state index is -0.0965. The number of hydrogen-bond acceptors (Lipinski definition) is 2. The molecule has 0 bridgehead atoms. The molecule has 2 rings (SSSR count). The van der Waals surface area contributed by atoms with Crippen LogP contribution in [-0.2, 0) is 9.53 Å². The molecule has 0 spiro atoms. The summed E-state index contributed by atoms with van der Waals surface area (Å²) in [5.41, 5.74) is 1.27. The highest BCUT2D eigenvalue weighted by atomic mass is 16.5. The van der Waals surface area contributed by atoms with Crippen LogP contribution in [-0.4, -0.2) is 13.1 Å². The third-order valence-electron chi connectivity index (χ3n) is 3.43. The molecule has 1 aromatic carbocycles. The summed E-state index contributed by atoms with van der Waals surface area (Å²) in [6.07, 6.45) is 2.47. The molecular formula is C14H18O2. The van der Waals surface area contributed by atoms with Gasteiger partial charge in [0.15, 0.2) is 0 Å². The van der Waals surface area contributed by atoms with Crippen molar-refractivity contribution in [2.75, 3.05) is 7.11 Å². The van der Waals surface area contributed by atoms with Gasteiger partial charge in [0.2, 0.25) is 0 Å². The smallest absolute Gasteiger partial charge is 0.309 e. The first-order chi connectivity index (χ1) is 7.74. The molecule has 0 aliphatic heterocycles. The van der Waals surface area contributed by atoms with Crippen LogP contribution in [0.15, 0.2) is 30.3 Å². The van der Waals surface area contributed by atoms with Crippen molar-refractivity contribution >= 4 is 5.97 Å². The highest BCUT2D eigenvalue weighted by molar-refractivity contribution is 5.73. The van der Waals surface area contributed by atoms with Crippen LogP contribution in [0.25, 0.3) is 0 Å². The van der Waals surface area contributed by atoms with E-state index >= 15 is 0 Å². The lowest BCUT2D eigenvalue weighted by Crippen LogP contribution is -2.22. The molecule has 1 aromatic rings. The van der Waals surface area contributed by atoms with Crippen LogP contribution in [0.5, 0.6) is 0 Å². The van der Waals surface area contributed by atoms with Crippen molar-refractivity contribution in [3.8, 4) is 0 Å². The highest BCUT2D eigenvalue weighted by Crippen LogP contribution is 2.46. The van der Waals surface area contributed by atoms with Crippen LogP contribution < -0.4 is 0 Å². The zero-order valence-electron chi connectivity index (χ0n) is 9.85. The second kappa shape index (κ2) is 4.69. The molecule has 2 unspecified atom stereocenters. The van der Waals surface area contributed by atoms with Gasteiger partial charge in [-0.15, -0.1) is 0 Å². The van der Waals surface area contributed by atoms with E-state index in [0.29, 0.717) is 11.8 Å². The van der Waals surface area contributed by atoms with E-state index in [-0.39, 0.29) is 11.9 Å². The average molecular weight is 218 g/mol. The Labute approximate surface area is 96.6 Å². The quantitative estimate of drug-likeness (QED) is 0.726. The van der Waals surface area contributed by atoms with E-state index in [0.717, 1.165) is 0 Å². The summed E-state index contributed by atoms with van der Waals surface area (Å²) in [4.78, 5) is 11.6. The van der Waals surface area contributed by atoms with Crippen LogP contribution in [0, 0.1) is 11.8 Å². The van der Waals surface area contributed by atoms with Gasteiger partial charge in [0.05, 0.1) is 13.0 Å². The molecule has 0 amide bonds. The average Bonchev–Trinajstić information content (AvgIpc) is 3.14. The predicted molar refractivity (Wildman–Crippen MR) is 63.1 cm³/mol. The summed E-state index contributed by atoms with van der Waals surface area (Å²) in [5, 5.41) is 0. The normalized spacial score (nSPS) is 18.9. The number of carbonyl (C=O) groups excluding carboxylic acids is 1. The van der Waals surface area contributed by atoms with Crippen molar-refractivity contribution in [3.63, 3.8) is 0 Å². The molecule has 1 aliphatic carbocycles. The molecule has 2 atom stereocenters. The molecule has 1 aliphatic rings. The molecule has 1 fully saturated rings. The Bertz CT molecular complexity index is 354. The van der Waals surface area contributed by atoms with Crippen LogP contribution in [0.4, 0.5) is 0 Å². The maximum Gasteiger partial charge on any atom is 0.309 e. The van der Waals surface area contributed by atoms with Crippen LogP contribution >= 0.6 is 0 Å². The summed E-state index contributed by atoms with van der Waals surface area (Å²) < 4.78 is 4.85. The van der Waals surface area contributed by atoms with E-state index in [1.807, 2.05) is 25.1 Å². The van der Waals surface area contributed by atoms with E-state index in [2.05, 4.69) is 12.1 Å². The molecule has 0 heterocycles. The molecule has 0 radical (unpaired) electrons. The number of esters is 1. The summed E-state index contributed by atoms with van der Waals surface area (Å²) in [6.45, 7) is 1.97. The Morgan fingerprint density at radius 2 is 1.94 bits per heavy atom. The number of benzene rings is 1. The monoisotopic (exact) mass is 218 g/mol. The van der Waals surface area contributed by atoms with E-state index in [4.69, 9.17) is 4.74 Å². The van der Waals surface area contributed by atoms with Crippen LogP contribution in [0.3, 0.4) is 0 Å². The fourth-order valence-corrected chi connectivity index (χ4v) is 2.43. The standard InChI is InChI=1S/C14H18O2/c1-10(14(15)16-2)13(12-8-9-12)11-6-4-3-5-7-11/h3-7,10,12-13H,8-9H2,1-2H3. The van der Waals surface area contributed by atoms with Crippen molar-refractivity contribution in [1.82, 2.24) is 0 Å². The van der Waals surface area contributed by atoms with Crippen LogP contribution in [0.1, 0.15) is 31.2 Å². The Morgan fingerprint density at radius 3 is 2.44 bits per heavy atom. The highest BCUT2D eigenvalue weighted by Gasteiger charge is 2.38. The number of methoxy groups -OCH3 is 1. The molecule has 2 heteroatoms. The first-order valence-corrected chi connectivity index (χ1v) is 5.87. The minimum absolute atomic E-state index is 0.0418. The van der Waals surface area contributed by atoms with Crippen molar-refractivity contribution < 1.29 is 9.53 Å². The maximum absolute atomic E-state index is 11.6. The zero-order chi connectivity index (χ0) is 11.5. The lowest BCUT2D eigenvalue weighted by molar-refractivity contribution is -0.145. The predicted octanol–water partition coefficient (Wildman–Crippen LogP) is 2.99. The second-order valence-electron chi connectivity index (χ2n) is 4.59. The first kappa shape index (κ1) is 11.2. The van der Waals surface area contributed by atoms with Gasteiger partial charge < -0.3 is 4.74 Å². The molecule has 86 valence electrons. The number of ether oxygens (including phenoxy) is 1. The minimum Gasteiger partial charge on any atom is -0.469 e. The van der Waals surface area contributed by atoms with Gasteiger partial charge in [-0.2, -0.15) is 0 Å². The largest absolute Gasteiger partial charge is 0.469 e. The van der Waals surface area contributed by atoms with Gasteiger partial charge in [0, 0.05) is 0 Å². The third kappa shape index (κ3) is 2.26. The molecule has 2 nitrogen and oxygen atoms in total.